The summed E-state index contributed by atoms with van der Waals surface area (Å²) in [7, 11) is 1.57. The van der Waals surface area contributed by atoms with Gasteiger partial charge in [-0.2, -0.15) is 0 Å². The van der Waals surface area contributed by atoms with E-state index in [4.69, 9.17) is 4.74 Å². The Morgan fingerprint density at radius 1 is 1.07 bits per heavy atom. The number of nitrogens with one attached hydrogen (secondary N) is 2. The number of hydrogen-bond donors (Lipinski definition) is 2. The van der Waals surface area contributed by atoms with Crippen LogP contribution in [0.15, 0.2) is 48.5 Å². The molecule has 1 aliphatic rings. The average molecular weight is 399 g/mol. The quantitative estimate of drug-likeness (QED) is 0.781. The van der Waals surface area contributed by atoms with Gasteiger partial charge in [-0.3, -0.25) is 15.0 Å². The number of carbonyl (C=O) groups excluding carboxylic acids is 2. The number of nitrogens with zero attached hydrogens (tertiary/aromatic N) is 1. The maximum Gasteiger partial charge on any atom is 0.325 e. The van der Waals surface area contributed by atoms with Crippen LogP contribution in [0.5, 0.6) is 5.75 Å². The van der Waals surface area contributed by atoms with E-state index in [0.29, 0.717) is 17.4 Å². The fraction of sp³-hybridized carbons (Fsp3) is 0.364. The van der Waals surface area contributed by atoms with Crippen molar-refractivity contribution in [3.63, 3.8) is 0 Å². The van der Waals surface area contributed by atoms with E-state index in [1.807, 2.05) is 12.1 Å². The number of urea groups is 1. The second-order valence-electron chi connectivity index (χ2n) is 7.28. The number of anilines is 1. The SMILES string of the molecule is COc1ccc(NC(=O)NC(=O)CN2CCC(Cc3ccc(F)cc3)CC2)cc1. The zero-order valence-electron chi connectivity index (χ0n) is 16.5. The van der Waals surface area contributed by atoms with E-state index >= 15 is 0 Å². The maximum absolute atomic E-state index is 13.0. The molecule has 154 valence electrons. The lowest BCUT2D eigenvalue weighted by atomic mass is 9.90. The molecule has 0 unspecified atom stereocenters. The summed E-state index contributed by atoms with van der Waals surface area (Å²) < 4.78 is 18.1. The third-order valence-corrected chi connectivity index (χ3v) is 5.11. The Morgan fingerprint density at radius 2 is 1.72 bits per heavy atom. The Labute approximate surface area is 170 Å². The molecule has 0 atom stereocenters. The number of ether oxygens (including phenoxy) is 1. The molecule has 1 aliphatic heterocycles. The van der Waals surface area contributed by atoms with Gasteiger partial charge in [0.2, 0.25) is 5.91 Å². The van der Waals surface area contributed by atoms with E-state index in [0.717, 1.165) is 37.9 Å². The van der Waals surface area contributed by atoms with E-state index in [2.05, 4.69) is 15.5 Å². The van der Waals surface area contributed by atoms with Crippen molar-refractivity contribution in [1.82, 2.24) is 10.2 Å². The van der Waals surface area contributed by atoms with Gasteiger partial charge in [0.25, 0.3) is 0 Å². The number of benzene rings is 2. The first-order chi connectivity index (χ1) is 14.0. The molecule has 0 radical (unpaired) electrons. The highest BCUT2D eigenvalue weighted by Gasteiger charge is 2.21. The minimum absolute atomic E-state index is 0.194. The zero-order valence-corrected chi connectivity index (χ0v) is 16.5. The van der Waals surface area contributed by atoms with Crippen molar-refractivity contribution < 1.29 is 18.7 Å². The summed E-state index contributed by atoms with van der Waals surface area (Å²) in [6, 6.07) is 13.0. The molecule has 3 rings (SSSR count). The number of likely N-dealkylation sites (tertiary alicyclic amines) is 1. The van der Waals surface area contributed by atoms with Crippen LogP contribution in [0.4, 0.5) is 14.9 Å². The van der Waals surface area contributed by atoms with Crippen molar-refractivity contribution in [2.24, 2.45) is 5.92 Å². The Morgan fingerprint density at radius 3 is 2.34 bits per heavy atom. The fourth-order valence-electron chi connectivity index (χ4n) is 3.51. The Balaban J connectivity index is 1.37. The summed E-state index contributed by atoms with van der Waals surface area (Å²) in [6.45, 7) is 1.80. The third kappa shape index (κ3) is 6.57. The van der Waals surface area contributed by atoms with Gasteiger partial charge in [0.1, 0.15) is 11.6 Å². The van der Waals surface area contributed by atoms with Crippen molar-refractivity contribution in [2.75, 3.05) is 32.1 Å². The molecule has 0 saturated carbocycles. The van der Waals surface area contributed by atoms with Gasteiger partial charge in [-0.1, -0.05) is 12.1 Å². The molecule has 2 aromatic carbocycles. The smallest absolute Gasteiger partial charge is 0.325 e. The van der Waals surface area contributed by atoms with Crippen molar-refractivity contribution in [2.45, 2.75) is 19.3 Å². The van der Waals surface area contributed by atoms with Crippen LogP contribution in [-0.2, 0) is 11.2 Å². The van der Waals surface area contributed by atoms with E-state index in [9.17, 15) is 14.0 Å². The molecule has 1 saturated heterocycles. The minimum atomic E-state index is -0.550. The van der Waals surface area contributed by atoms with Gasteiger partial charge in [0, 0.05) is 5.69 Å². The Kier molecular flexibility index (Phi) is 7.19. The van der Waals surface area contributed by atoms with Crippen LogP contribution in [0.1, 0.15) is 18.4 Å². The summed E-state index contributed by atoms with van der Waals surface area (Å²) in [5, 5.41) is 4.99. The molecule has 0 bridgehead atoms. The second-order valence-corrected chi connectivity index (χ2v) is 7.28. The number of methoxy groups -OCH3 is 1. The lowest BCUT2D eigenvalue weighted by molar-refractivity contribution is -0.121. The Hall–Kier alpha value is -2.93. The number of rotatable bonds is 6. The molecule has 29 heavy (non-hydrogen) atoms. The number of hydrogen-bond acceptors (Lipinski definition) is 4. The van der Waals surface area contributed by atoms with E-state index in [-0.39, 0.29) is 18.3 Å². The van der Waals surface area contributed by atoms with E-state index in [1.54, 1.807) is 31.4 Å². The van der Waals surface area contributed by atoms with Crippen LogP contribution in [0.2, 0.25) is 0 Å². The summed E-state index contributed by atoms with van der Waals surface area (Å²) in [4.78, 5) is 26.2. The van der Waals surface area contributed by atoms with Crippen molar-refractivity contribution in [3.05, 3.63) is 59.9 Å². The molecule has 7 heteroatoms. The molecule has 1 heterocycles. The van der Waals surface area contributed by atoms with Crippen molar-refractivity contribution in [3.8, 4) is 5.75 Å². The van der Waals surface area contributed by atoms with Crippen LogP contribution in [0.3, 0.4) is 0 Å². The van der Waals surface area contributed by atoms with Crippen LogP contribution >= 0.6 is 0 Å². The predicted molar refractivity (Wildman–Crippen MR) is 109 cm³/mol. The highest BCUT2D eigenvalue weighted by molar-refractivity contribution is 6.01. The van der Waals surface area contributed by atoms with E-state index in [1.165, 1.54) is 12.1 Å². The van der Waals surface area contributed by atoms with Gasteiger partial charge in [0.05, 0.1) is 13.7 Å². The van der Waals surface area contributed by atoms with Gasteiger partial charge in [-0.15, -0.1) is 0 Å². The Bertz CT molecular complexity index is 816. The summed E-state index contributed by atoms with van der Waals surface area (Å²) in [5.41, 5.74) is 1.72. The molecule has 6 nitrogen and oxygen atoms in total. The zero-order chi connectivity index (χ0) is 20.6. The normalized spacial score (nSPS) is 15.0. The molecular weight excluding hydrogens is 373 g/mol. The maximum atomic E-state index is 13.0. The highest BCUT2D eigenvalue weighted by Crippen LogP contribution is 2.21. The monoisotopic (exact) mass is 399 g/mol. The first-order valence-electron chi connectivity index (χ1n) is 9.73. The number of halogens is 1. The third-order valence-electron chi connectivity index (χ3n) is 5.11. The molecule has 3 amide bonds. The van der Waals surface area contributed by atoms with Gasteiger partial charge in [0.15, 0.2) is 0 Å². The number of amides is 3. The van der Waals surface area contributed by atoms with Crippen molar-refractivity contribution >= 4 is 17.6 Å². The molecule has 1 fully saturated rings. The van der Waals surface area contributed by atoms with Gasteiger partial charge in [-0.05, 0) is 80.2 Å². The molecule has 2 N–H and O–H groups in total. The van der Waals surface area contributed by atoms with Crippen LogP contribution in [0.25, 0.3) is 0 Å². The lowest BCUT2D eigenvalue weighted by Gasteiger charge is -2.31. The fourth-order valence-corrected chi connectivity index (χ4v) is 3.51. The minimum Gasteiger partial charge on any atom is -0.497 e. The molecule has 0 aliphatic carbocycles. The van der Waals surface area contributed by atoms with Crippen molar-refractivity contribution in [1.29, 1.82) is 0 Å². The standard InChI is InChI=1S/C22H26FN3O3/c1-29-20-8-6-19(7-9-20)24-22(28)25-21(27)15-26-12-10-17(11-13-26)14-16-2-4-18(23)5-3-16/h2-9,17H,10-15H2,1H3,(H2,24,25,27,28). The lowest BCUT2D eigenvalue weighted by Crippen LogP contribution is -2.44. The van der Waals surface area contributed by atoms with Gasteiger partial charge in [-0.25, -0.2) is 9.18 Å². The molecule has 0 aromatic heterocycles. The highest BCUT2D eigenvalue weighted by atomic mass is 19.1. The predicted octanol–water partition coefficient (Wildman–Crippen LogP) is 3.44. The van der Waals surface area contributed by atoms with Crippen LogP contribution < -0.4 is 15.4 Å². The molecule has 2 aromatic rings. The largest absolute Gasteiger partial charge is 0.497 e. The van der Waals surface area contributed by atoms with Crippen LogP contribution in [-0.4, -0.2) is 43.6 Å². The summed E-state index contributed by atoms with van der Waals surface area (Å²) in [5.74, 6) is 0.673. The summed E-state index contributed by atoms with van der Waals surface area (Å²) >= 11 is 0. The number of imide groups is 1. The summed E-state index contributed by atoms with van der Waals surface area (Å²) in [6.07, 6.45) is 2.87. The van der Waals surface area contributed by atoms with Gasteiger partial charge >= 0.3 is 6.03 Å². The second kappa shape index (κ2) is 10.0. The van der Waals surface area contributed by atoms with Crippen LogP contribution in [0, 0.1) is 11.7 Å². The molecule has 0 spiro atoms. The number of carbonyl (C=O) groups is 2. The molecular formula is C22H26FN3O3. The average Bonchev–Trinajstić information content (AvgIpc) is 2.71. The first kappa shape index (κ1) is 20.8. The topological polar surface area (TPSA) is 70.7 Å². The first-order valence-corrected chi connectivity index (χ1v) is 9.73. The number of piperidine rings is 1. The van der Waals surface area contributed by atoms with E-state index < -0.39 is 6.03 Å². The van der Waals surface area contributed by atoms with Gasteiger partial charge < -0.3 is 10.1 Å².